The first kappa shape index (κ1) is 16.6. The van der Waals surface area contributed by atoms with Gasteiger partial charge in [-0.1, -0.05) is 25.5 Å². The van der Waals surface area contributed by atoms with Crippen molar-refractivity contribution in [3.63, 3.8) is 0 Å². The van der Waals surface area contributed by atoms with E-state index in [-0.39, 0.29) is 11.2 Å². The summed E-state index contributed by atoms with van der Waals surface area (Å²) in [6.07, 6.45) is 3.96. The molecule has 22 heavy (non-hydrogen) atoms. The highest BCUT2D eigenvalue weighted by Gasteiger charge is 2.16. The first-order valence-corrected chi connectivity index (χ1v) is 8.61. The van der Waals surface area contributed by atoms with Crippen LogP contribution in [0.5, 0.6) is 0 Å². The molecule has 0 aliphatic heterocycles. The van der Waals surface area contributed by atoms with E-state index in [1.54, 1.807) is 18.0 Å². The number of aromatic nitrogens is 1. The molecule has 0 fully saturated rings. The highest BCUT2D eigenvalue weighted by atomic mass is 32.2. The largest absolute Gasteiger partial charge is 0.441 e. The van der Waals surface area contributed by atoms with Gasteiger partial charge in [0.2, 0.25) is 11.8 Å². The maximum Gasteiger partial charge on any atom is 0.237 e. The van der Waals surface area contributed by atoms with Gasteiger partial charge in [-0.05, 0) is 38.2 Å². The van der Waals surface area contributed by atoms with Gasteiger partial charge in [0.15, 0.2) is 0 Å². The predicted octanol–water partition coefficient (Wildman–Crippen LogP) is 4.51. The fraction of sp³-hybridized carbons (Fsp3) is 0.412. The number of aryl methyl sites for hydroxylation is 1. The smallest absolute Gasteiger partial charge is 0.237 e. The monoisotopic (exact) mass is 318 g/mol. The second kappa shape index (κ2) is 8.03. The molecule has 1 amide bonds. The molecule has 2 aromatic rings. The van der Waals surface area contributed by atoms with E-state index >= 15 is 0 Å². The van der Waals surface area contributed by atoms with E-state index in [4.69, 9.17) is 4.42 Å². The summed E-state index contributed by atoms with van der Waals surface area (Å²) >= 11 is 1.68. The summed E-state index contributed by atoms with van der Waals surface area (Å²) in [5.74, 6) is 2.29. The number of benzene rings is 1. The van der Waals surface area contributed by atoms with Crippen LogP contribution < -0.4 is 5.32 Å². The first-order chi connectivity index (χ1) is 10.6. The molecule has 118 valence electrons. The Hall–Kier alpha value is -1.75. The second-order valence-electron chi connectivity index (χ2n) is 5.18. The van der Waals surface area contributed by atoms with Crippen LogP contribution in [0.25, 0.3) is 11.5 Å². The number of nitrogens with zero attached hydrogens (tertiary/aromatic N) is 1. The van der Waals surface area contributed by atoms with Crippen molar-refractivity contribution in [1.82, 2.24) is 4.98 Å². The second-order valence-corrected chi connectivity index (χ2v) is 6.63. The lowest BCUT2D eigenvalue weighted by Gasteiger charge is -2.13. The summed E-state index contributed by atoms with van der Waals surface area (Å²) in [5.41, 5.74) is 1.53. The number of carbonyl (C=O) groups is 1. The van der Waals surface area contributed by atoms with Crippen LogP contribution in [0.15, 0.2) is 34.9 Å². The molecule has 0 saturated heterocycles. The Bertz CT molecular complexity index is 625. The molecular weight excluding hydrogens is 296 g/mol. The van der Waals surface area contributed by atoms with Gasteiger partial charge >= 0.3 is 0 Å². The van der Waals surface area contributed by atoms with Crippen LogP contribution in [0, 0.1) is 6.92 Å². The van der Waals surface area contributed by atoms with Crippen molar-refractivity contribution in [3.05, 3.63) is 36.2 Å². The highest BCUT2D eigenvalue weighted by Crippen LogP contribution is 2.28. The lowest BCUT2D eigenvalue weighted by Crippen LogP contribution is -2.23. The molecule has 1 unspecified atom stereocenters. The van der Waals surface area contributed by atoms with Gasteiger partial charge in [-0.25, -0.2) is 4.98 Å². The average Bonchev–Trinajstić information content (AvgIpc) is 2.94. The molecule has 0 aliphatic carbocycles. The molecule has 0 saturated carbocycles. The Balaban J connectivity index is 2.08. The number of hydrogen-bond donors (Lipinski definition) is 1. The molecule has 1 aromatic heterocycles. The quantitative estimate of drug-likeness (QED) is 0.763. The van der Waals surface area contributed by atoms with Gasteiger partial charge in [0, 0.05) is 0 Å². The molecule has 5 heteroatoms. The number of amides is 1. The Labute approximate surface area is 135 Å². The van der Waals surface area contributed by atoms with E-state index in [1.807, 2.05) is 38.1 Å². The predicted molar refractivity (Wildman–Crippen MR) is 92.1 cm³/mol. The van der Waals surface area contributed by atoms with E-state index in [0.717, 1.165) is 35.6 Å². The zero-order valence-electron chi connectivity index (χ0n) is 13.3. The van der Waals surface area contributed by atoms with Crippen molar-refractivity contribution in [2.75, 3.05) is 11.1 Å². The SMILES string of the molecule is CCCCSC(C)C(=O)Nc1ccccc1-c1ncc(C)o1. The number of hydrogen-bond acceptors (Lipinski definition) is 4. The van der Waals surface area contributed by atoms with E-state index in [1.165, 1.54) is 0 Å². The van der Waals surface area contributed by atoms with Gasteiger partial charge in [-0.15, -0.1) is 11.8 Å². The summed E-state index contributed by atoms with van der Waals surface area (Å²) in [5, 5.41) is 2.91. The Morgan fingerprint density at radius 2 is 2.18 bits per heavy atom. The summed E-state index contributed by atoms with van der Waals surface area (Å²) in [7, 11) is 0. The lowest BCUT2D eigenvalue weighted by molar-refractivity contribution is -0.115. The molecule has 1 aromatic carbocycles. The molecule has 1 heterocycles. The maximum absolute atomic E-state index is 12.3. The Morgan fingerprint density at radius 1 is 1.41 bits per heavy atom. The molecule has 0 radical (unpaired) electrons. The minimum Gasteiger partial charge on any atom is -0.441 e. The minimum atomic E-state index is -0.0779. The topological polar surface area (TPSA) is 55.1 Å². The molecule has 2 rings (SSSR count). The van der Waals surface area contributed by atoms with Crippen molar-refractivity contribution in [2.45, 2.75) is 38.9 Å². The third-order valence-corrected chi connectivity index (χ3v) is 4.51. The van der Waals surface area contributed by atoms with E-state index < -0.39 is 0 Å². The third-order valence-electron chi connectivity index (χ3n) is 3.27. The summed E-state index contributed by atoms with van der Waals surface area (Å²) in [4.78, 5) is 16.5. The summed E-state index contributed by atoms with van der Waals surface area (Å²) in [6, 6.07) is 7.57. The van der Waals surface area contributed by atoms with Gasteiger partial charge in [0.25, 0.3) is 0 Å². The maximum atomic E-state index is 12.3. The number of thioether (sulfide) groups is 1. The summed E-state index contributed by atoms with van der Waals surface area (Å²) in [6.45, 7) is 5.94. The van der Waals surface area contributed by atoms with Gasteiger partial charge in [-0.3, -0.25) is 4.79 Å². The third kappa shape index (κ3) is 4.37. The fourth-order valence-corrected chi connectivity index (χ4v) is 2.99. The number of anilines is 1. The van der Waals surface area contributed by atoms with Gasteiger partial charge in [-0.2, -0.15) is 0 Å². The molecule has 0 spiro atoms. The molecule has 1 atom stereocenters. The number of carbonyl (C=O) groups excluding carboxylic acids is 1. The first-order valence-electron chi connectivity index (χ1n) is 7.56. The van der Waals surface area contributed by atoms with Crippen molar-refractivity contribution in [1.29, 1.82) is 0 Å². The van der Waals surface area contributed by atoms with Crippen LogP contribution in [0.3, 0.4) is 0 Å². The van der Waals surface area contributed by atoms with Crippen LogP contribution in [-0.2, 0) is 4.79 Å². The van der Waals surface area contributed by atoms with E-state index in [2.05, 4.69) is 17.2 Å². The average molecular weight is 318 g/mol. The van der Waals surface area contributed by atoms with Crippen LogP contribution in [0.2, 0.25) is 0 Å². The minimum absolute atomic E-state index is 0.0110. The van der Waals surface area contributed by atoms with Crippen LogP contribution in [0.1, 0.15) is 32.4 Å². The molecule has 0 aliphatic rings. The number of para-hydroxylation sites is 1. The summed E-state index contributed by atoms with van der Waals surface area (Å²) < 4.78 is 5.56. The number of nitrogens with one attached hydrogen (secondary N) is 1. The molecule has 4 nitrogen and oxygen atoms in total. The van der Waals surface area contributed by atoms with Gasteiger partial charge in [0.05, 0.1) is 22.7 Å². The zero-order valence-corrected chi connectivity index (χ0v) is 14.1. The van der Waals surface area contributed by atoms with Gasteiger partial charge in [0.1, 0.15) is 5.76 Å². The Morgan fingerprint density at radius 3 is 2.86 bits per heavy atom. The van der Waals surface area contributed by atoms with Crippen molar-refractivity contribution in [3.8, 4) is 11.5 Å². The van der Waals surface area contributed by atoms with Crippen LogP contribution in [-0.4, -0.2) is 21.9 Å². The van der Waals surface area contributed by atoms with E-state index in [9.17, 15) is 4.79 Å². The standard InChI is InChI=1S/C17H22N2O2S/c1-4-5-10-22-13(3)16(20)19-15-9-7-6-8-14(15)17-18-11-12(2)21-17/h6-9,11,13H,4-5,10H2,1-3H3,(H,19,20). The molecular formula is C17H22N2O2S. The van der Waals surface area contributed by atoms with Crippen LogP contribution in [0.4, 0.5) is 5.69 Å². The van der Waals surface area contributed by atoms with Crippen molar-refractivity contribution >= 4 is 23.4 Å². The highest BCUT2D eigenvalue weighted by molar-refractivity contribution is 8.00. The van der Waals surface area contributed by atoms with Gasteiger partial charge < -0.3 is 9.73 Å². The van der Waals surface area contributed by atoms with Crippen molar-refractivity contribution in [2.24, 2.45) is 0 Å². The molecule has 1 N–H and O–H groups in total. The number of unbranched alkanes of at least 4 members (excludes halogenated alkanes) is 1. The van der Waals surface area contributed by atoms with Crippen molar-refractivity contribution < 1.29 is 9.21 Å². The fourth-order valence-electron chi connectivity index (χ4n) is 1.97. The lowest BCUT2D eigenvalue weighted by atomic mass is 10.1. The van der Waals surface area contributed by atoms with E-state index in [0.29, 0.717) is 5.89 Å². The number of oxazole rings is 1. The normalized spacial score (nSPS) is 12.1. The number of rotatable bonds is 7. The Kier molecular flexibility index (Phi) is 6.07. The van der Waals surface area contributed by atoms with Crippen LogP contribution >= 0.6 is 11.8 Å². The molecule has 0 bridgehead atoms. The zero-order chi connectivity index (χ0) is 15.9.